The molecule has 0 bridgehead atoms. The number of thiophene rings is 1. The maximum Gasteiger partial charge on any atom is 0.242 e. The first-order valence-corrected chi connectivity index (χ1v) is 9.34. The summed E-state index contributed by atoms with van der Waals surface area (Å²) in [5, 5.41) is 9.17. The SMILES string of the molecule is CCC(C)NC(=O)C(C)Nc1nc(-c2cccs2)nc2ccccc12. The average Bonchev–Trinajstić information content (AvgIpc) is 3.16. The van der Waals surface area contributed by atoms with Crippen molar-refractivity contribution >= 4 is 34.0 Å². The molecular weight excluding hydrogens is 332 g/mol. The first kappa shape index (κ1) is 17.4. The van der Waals surface area contributed by atoms with Gasteiger partial charge in [0.05, 0.1) is 10.4 Å². The zero-order chi connectivity index (χ0) is 17.8. The summed E-state index contributed by atoms with van der Waals surface area (Å²) in [6.07, 6.45) is 0.900. The number of anilines is 1. The Kier molecular flexibility index (Phi) is 5.28. The van der Waals surface area contributed by atoms with Crippen LogP contribution in [0.4, 0.5) is 5.82 Å². The smallest absolute Gasteiger partial charge is 0.242 e. The van der Waals surface area contributed by atoms with Crippen molar-refractivity contribution in [3.63, 3.8) is 0 Å². The summed E-state index contributed by atoms with van der Waals surface area (Å²) in [5.41, 5.74) is 0.859. The summed E-state index contributed by atoms with van der Waals surface area (Å²) in [6.45, 7) is 5.90. The molecule has 1 amide bonds. The van der Waals surface area contributed by atoms with Crippen molar-refractivity contribution in [1.82, 2.24) is 15.3 Å². The number of benzene rings is 1. The number of fused-ring (bicyclic) bond motifs is 1. The zero-order valence-corrected chi connectivity index (χ0v) is 15.4. The fraction of sp³-hybridized carbons (Fsp3) is 0.316. The van der Waals surface area contributed by atoms with Gasteiger partial charge in [0.1, 0.15) is 11.9 Å². The Morgan fingerprint density at radius 2 is 1.96 bits per heavy atom. The molecule has 1 aromatic carbocycles. The normalized spacial score (nSPS) is 13.4. The minimum atomic E-state index is -0.386. The topological polar surface area (TPSA) is 66.9 Å². The molecule has 0 fully saturated rings. The van der Waals surface area contributed by atoms with Gasteiger partial charge in [0.25, 0.3) is 0 Å². The third-order valence-electron chi connectivity index (χ3n) is 4.09. The lowest BCUT2D eigenvalue weighted by Gasteiger charge is -2.19. The Hall–Kier alpha value is -2.47. The van der Waals surface area contributed by atoms with Gasteiger partial charge in [0.2, 0.25) is 5.91 Å². The molecular formula is C19H22N4OS. The van der Waals surface area contributed by atoms with E-state index < -0.39 is 0 Å². The molecule has 0 spiro atoms. The third kappa shape index (κ3) is 3.96. The highest BCUT2D eigenvalue weighted by atomic mass is 32.1. The van der Waals surface area contributed by atoms with E-state index in [1.165, 1.54) is 0 Å². The van der Waals surface area contributed by atoms with Gasteiger partial charge in [-0.15, -0.1) is 11.3 Å². The van der Waals surface area contributed by atoms with Crippen molar-refractivity contribution in [1.29, 1.82) is 0 Å². The lowest BCUT2D eigenvalue weighted by atomic mass is 10.2. The van der Waals surface area contributed by atoms with Crippen LogP contribution in [0.1, 0.15) is 27.2 Å². The number of aromatic nitrogens is 2. The number of nitrogens with one attached hydrogen (secondary N) is 2. The van der Waals surface area contributed by atoms with Crippen molar-refractivity contribution in [2.24, 2.45) is 0 Å². The van der Waals surface area contributed by atoms with Gasteiger partial charge in [-0.05, 0) is 43.8 Å². The lowest BCUT2D eigenvalue weighted by Crippen LogP contribution is -2.42. The number of carbonyl (C=O) groups excluding carboxylic acids is 1. The molecule has 0 aliphatic heterocycles. The van der Waals surface area contributed by atoms with Crippen molar-refractivity contribution < 1.29 is 4.79 Å². The van der Waals surface area contributed by atoms with Crippen molar-refractivity contribution in [2.75, 3.05) is 5.32 Å². The van der Waals surface area contributed by atoms with Crippen molar-refractivity contribution in [3.8, 4) is 10.7 Å². The molecule has 25 heavy (non-hydrogen) atoms. The van der Waals surface area contributed by atoms with Crippen LogP contribution in [0.25, 0.3) is 21.6 Å². The second-order valence-electron chi connectivity index (χ2n) is 6.07. The van der Waals surface area contributed by atoms with E-state index in [4.69, 9.17) is 0 Å². The van der Waals surface area contributed by atoms with E-state index in [9.17, 15) is 4.79 Å². The van der Waals surface area contributed by atoms with E-state index in [-0.39, 0.29) is 18.0 Å². The Labute approximate surface area is 151 Å². The number of rotatable bonds is 6. The Morgan fingerprint density at radius 3 is 2.68 bits per heavy atom. The molecule has 3 rings (SSSR count). The third-order valence-corrected chi connectivity index (χ3v) is 4.96. The highest BCUT2D eigenvalue weighted by molar-refractivity contribution is 7.13. The van der Waals surface area contributed by atoms with Gasteiger partial charge < -0.3 is 10.6 Å². The van der Waals surface area contributed by atoms with E-state index in [0.29, 0.717) is 11.6 Å². The van der Waals surface area contributed by atoms with Gasteiger partial charge in [-0.25, -0.2) is 9.97 Å². The molecule has 2 aromatic heterocycles. The zero-order valence-electron chi connectivity index (χ0n) is 14.6. The molecule has 0 saturated carbocycles. The molecule has 2 atom stereocenters. The van der Waals surface area contributed by atoms with Crippen LogP contribution in [0.2, 0.25) is 0 Å². The molecule has 3 aromatic rings. The number of nitrogens with zero attached hydrogens (tertiary/aromatic N) is 2. The maximum atomic E-state index is 12.4. The predicted molar refractivity (Wildman–Crippen MR) is 104 cm³/mol. The van der Waals surface area contributed by atoms with E-state index >= 15 is 0 Å². The van der Waals surface area contributed by atoms with Gasteiger partial charge in [-0.2, -0.15) is 0 Å². The summed E-state index contributed by atoms with van der Waals surface area (Å²) >= 11 is 1.60. The number of hydrogen-bond acceptors (Lipinski definition) is 5. The van der Waals surface area contributed by atoms with Crippen molar-refractivity contribution in [2.45, 2.75) is 39.3 Å². The number of hydrogen-bond donors (Lipinski definition) is 2. The number of amides is 1. The van der Waals surface area contributed by atoms with Crippen molar-refractivity contribution in [3.05, 3.63) is 41.8 Å². The summed E-state index contributed by atoms with van der Waals surface area (Å²) < 4.78 is 0. The highest BCUT2D eigenvalue weighted by Crippen LogP contribution is 2.27. The quantitative estimate of drug-likeness (QED) is 0.700. The minimum Gasteiger partial charge on any atom is -0.358 e. The first-order valence-electron chi connectivity index (χ1n) is 8.46. The minimum absolute atomic E-state index is 0.0327. The Balaban J connectivity index is 1.93. The van der Waals surface area contributed by atoms with E-state index in [1.807, 2.05) is 62.5 Å². The Bertz CT molecular complexity index is 863. The molecule has 2 unspecified atom stereocenters. The van der Waals surface area contributed by atoms with Crippen LogP contribution >= 0.6 is 11.3 Å². The first-order chi connectivity index (χ1) is 12.1. The molecule has 0 saturated heterocycles. The van der Waals surface area contributed by atoms with Gasteiger partial charge >= 0.3 is 0 Å². The summed E-state index contributed by atoms with van der Waals surface area (Å²) in [6, 6.07) is 11.6. The second kappa shape index (κ2) is 7.61. The second-order valence-corrected chi connectivity index (χ2v) is 7.02. The van der Waals surface area contributed by atoms with Gasteiger partial charge in [-0.1, -0.05) is 25.1 Å². The van der Waals surface area contributed by atoms with E-state index in [0.717, 1.165) is 22.2 Å². The number of para-hydroxylation sites is 1. The summed E-state index contributed by atoms with van der Waals surface area (Å²) in [4.78, 5) is 22.7. The average molecular weight is 354 g/mol. The van der Waals surface area contributed by atoms with Crippen LogP contribution in [-0.2, 0) is 4.79 Å². The maximum absolute atomic E-state index is 12.4. The summed E-state index contributed by atoms with van der Waals surface area (Å²) in [7, 11) is 0. The fourth-order valence-corrected chi connectivity index (χ4v) is 3.10. The predicted octanol–water partition coefficient (Wildman–Crippen LogP) is 4.07. The molecule has 0 aliphatic rings. The lowest BCUT2D eigenvalue weighted by molar-refractivity contribution is -0.122. The molecule has 0 aliphatic carbocycles. The standard InChI is InChI=1S/C19H22N4OS/c1-4-12(2)20-19(24)13(3)21-17-14-8-5-6-9-15(14)22-18(23-17)16-10-7-11-25-16/h5-13H,4H2,1-3H3,(H,20,24)(H,21,22,23). The van der Waals surface area contributed by atoms with Crippen LogP contribution in [0.5, 0.6) is 0 Å². The highest BCUT2D eigenvalue weighted by Gasteiger charge is 2.17. The Morgan fingerprint density at radius 1 is 1.16 bits per heavy atom. The van der Waals surface area contributed by atoms with E-state index in [2.05, 4.69) is 20.6 Å². The molecule has 6 heteroatoms. The van der Waals surface area contributed by atoms with Crippen LogP contribution in [0, 0.1) is 0 Å². The van der Waals surface area contributed by atoms with Gasteiger partial charge in [0.15, 0.2) is 5.82 Å². The summed E-state index contributed by atoms with van der Waals surface area (Å²) in [5.74, 6) is 1.32. The van der Waals surface area contributed by atoms with Gasteiger partial charge in [0, 0.05) is 11.4 Å². The van der Waals surface area contributed by atoms with Crippen LogP contribution < -0.4 is 10.6 Å². The van der Waals surface area contributed by atoms with Gasteiger partial charge in [-0.3, -0.25) is 4.79 Å². The van der Waals surface area contributed by atoms with Crippen LogP contribution in [-0.4, -0.2) is 28.0 Å². The van der Waals surface area contributed by atoms with Crippen LogP contribution in [0.3, 0.4) is 0 Å². The fourth-order valence-electron chi connectivity index (χ4n) is 2.44. The molecule has 130 valence electrons. The largest absolute Gasteiger partial charge is 0.358 e. The van der Waals surface area contributed by atoms with Crippen LogP contribution in [0.15, 0.2) is 41.8 Å². The molecule has 0 radical (unpaired) electrons. The molecule has 2 N–H and O–H groups in total. The number of carbonyl (C=O) groups is 1. The molecule has 5 nitrogen and oxygen atoms in total. The molecule has 2 heterocycles. The van der Waals surface area contributed by atoms with E-state index in [1.54, 1.807) is 11.3 Å². The monoisotopic (exact) mass is 354 g/mol.